The molecule has 0 aromatic heterocycles. The van der Waals surface area contributed by atoms with Gasteiger partial charge in [0.15, 0.2) is 0 Å². The van der Waals surface area contributed by atoms with E-state index in [4.69, 9.17) is 15.2 Å². The van der Waals surface area contributed by atoms with Crippen molar-refractivity contribution in [1.82, 2.24) is 0 Å². The Bertz CT molecular complexity index is 1130. The lowest BCUT2D eigenvalue weighted by atomic mass is 9.85. The molecule has 51 heavy (non-hydrogen) atoms. The molecule has 2 aromatic rings. The van der Waals surface area contributed by atoms with Gasteiger partial charge >= 0.3 is 11.9 Å². The van der Waals surface area contributed by atoms with Crippen LogP contribution in [-0.4, -0.2) is 54.1 Å². The Kier molecular flexibility index (Phi) is 27.3. The highest BCUT2D eigenvalue weighted by molar-refractivity contribution is 5.66. The fraction of sp³-hybridized carbons (Fsp3) is 0.682. The van der Waals surface area contributed by atoms with Crippen LogP contribution in [0.3, 0.4) is 0 Å². The minimum absolute atomic E-state index is 0. The van der Waals surface area contributed by atoms with Crippen LogP contribution in [0.2, 0.25) is 0 Å². The number of rotatable bonds is 26. The van der Waals surface area contributed by atoms with Crippen LogP contribution in [0.15, 0.2) is 48.5 Å². The molecule has 0 radical (unpaired) electrons. The van der Waals surface area contributed by atoms with Crippen LogP contribution in [0.4, 0.5) is 0 Å². The van der Waals surface area contributed by atoms with Crippen LogP contribution >= 0.6 is 0 Å². The van der Waals surface area contributed by atoms with Crippen molar-refractivity contribution in [2.24, 2.45) is 11.1 Å². The van der Waals surface area contributed by atoms with E-state index in [1.807, 2.05) is 6.92 Å². The lowest BCUT2D eigenvalue weighted by Gasteiger charge is -2.28. The van der Waals surface area contributed by atoms with E-state index in [1.165, 1.54) is 113 Å². The smallest absolute Gasteiger partial charge is 0.302 e. The van der Waals surface area contributed by atoms with Crippen molar-refractivity contribution >= 4 is 11.9 Å². The summed E-state index contributed by atoms with van der Waals surface area (Å²) in [5.74, 6) is -0.624. The van der Waals surface area contributed by atoms with Crippen LogP contribution in [0.25, 0.3) is 0 Å². The minimum Gasteiger partial charge on any atom is -0.465 e. The lowest BCUT2D eigenvalue weighted by molar-refractivity contribution is -0.150. The molecule has 0 fully saturated rings. The van der Waals surface area contributed by atoms with Gasteiger partial charge in [0, 0.05) is 19.3 Å². The predicted octanol–water partition coefficient (Wildman–Crippen LogP) is 9.50. The third-order valence-corrected chi connectivity index (χ3v) is 9.49. The summed E-state index contributed by atoms with van der Waals surface area (Å²) in [5.41, 5.74) is 9.89. The van der Waals surface area contributed by atoms with Gasteiger partial charge < -0.3 is 25.4 Å². The van der Waals surface area contributed by atoms with Gasteiger partial charge in [-0.05, 0) is 73.6 Å². The monoisotopic (exact) mass is 714 g/mol. The molecule has 0 amide bonds. The number of hydrogen-bond donors (Lipinski definition) is 3. The highest BCUT2D eigenvalue weighted by atomic mass is 16.5. The Labute approximate surface area is 312 Å². The first-order chi connectivity index (χ1) is 24.0. The van der Waals surface area contributed by atoms with Gasteiger partial charge in [0.1, 0.15) is 0 Å². The second-order valence-electron chi connectivity index (χ2n) is 14.7. The van der Waals surface area contributed by atoms with Gasteiger partial charge in [0.05, 0.1) is 32.0 Å². The molecule has 0 unspecified atom stereocenters. The Morgan fingerprint density at radius 2 is 0.882 bits per heavy atom. The van der Waals surface area contributed by atoms with E-state index in [-0.39, 0.29) is 51.2 Å². The first-order valence-corrected chi connectivity index (χ1v) is 19.4. The van der Waals surface area contributed by atoms with Crippen LogP contribution in [0.1, 0.15) is 154 Å². The van der Waals surface area contributed by atoms with Gasteiger partial charge in [-0.15, -0.1) is 0 Å². The first-order valence-electron chi connectivity index (χ1n) is 19.4. The average Bonchev–Trinajstić information content (AvgIpc) is 3.12. The number of aryl methyl sites for hydroxylation is 4. The van der Waals surface area contributed by atoms with E-state index in [0.717, 1.165) is 32.1 Å². The minimum atomic E-state index is -0.864. The van der Waals surface area contributed by atoms with Crippen molar-refractivity contribution in [2.75, 3.05) is 26.4 Å². The molecule has 7 heteroatoms. The van der Waals surface area contributed by atoms with Crippen molar-refractivity contribution in [3.05, 3.63) is 70.8 Å². The largest absolute Gasteiger partial charge is 0.465 e. The van der Waals surface area contributed by atoms with Crippen LogP contribution in [0.5, 0.6) is 0 Å². The number of benzene rings is 2. The quantitative estimate of drug-likeness (QED) is 0.0656. The molecule has 0 saturated carbocycles. The van der Waals surface area contributed by atoms with E-state index in [2.05, 4.69) is 62.4 Å². The van der Waals surface area contributed by atoms with E-state index in [0.29, 0.717) is 6.42 Å². The molecule has 2 aromatic carbocycles. The summed E-state index contributed by atoms with van der Waals surface area (Å²) in [4.78, 5) is 22.3. The molecule has 0 saturated heterocycles. The van der Waals surface area contributed by atoms with Gasteiger partial charge in [-0.3, -0.25) is 9.59 Å². The second-order valence-corrected chi connectivity index (χ2v) is 14.7. The van der Waals surface area contributed by atoms with Crippen molar-refractivity contribution in [1.29, 1.82) is 0 Å². The standard InChI is InChI=1S/C24H38O4.C19H33NO2.CH4/c1-5-6-7-8-9-10-11-22-12-14-23(15-13-22)16-17-24(4,18-27-20(2)25)19-28-21(3)26;1-2-3-4-5-6-7-8-17-9-11-18(12-10-17)13-14-19(20,15-21)16-22;/h12-15H,5-11,16-19H2,1-4H3;9-12,21-22H,2-8,13-16,20H2,1H3;1H4. The van der Waals surface area contributed by atoms with Crippen molar-refractivity contribution < 1.29 is 29.3 Å². The number of esters is 2. The number of carbonyl (C=O) groups excluding carboxylic acids is 2. The van der Waals surface area contributed by atoms with Gasteiger partial charge in [-0.1, -0.05) is 141 Å². The van der Waals surface area contributed by atoms with Crippen LogP contribution < -0.4 is 5.73 Å². The summed E-state index contributed by atoms with van der Waals surface area (Å²) in [6.45, 7) is 9.43. The second kappa shape index (κ2) is 28.8. The number of nitrogens with two attached hydrogens (primary N) is 1. The summed E-state index contributed by atoms with van der Waals surface area (Å²) in [5, 5.41) is 18.4. The number of unbranched alkanes of at least 4 members (excludes halogenated alkanes) is 10. The topological polar surface area (TPSA) is 119 Å². The summed E-state index contributed by atoms with van der Waals surface area (Å²) in [6.07, 6.45) is 21.2. The molecule has 0 aliphatic rings. The number of hydrogen-bond acceptors (Lipinski definition) is 7. The molecule has 0 aliphatic carbocycles. The Hall–Kier alpha value is -2.74. The van der Waals surface area contributed by atoms with Gasteiger partial charge in [0.2, 0.25) is 0 Å². The average molecular weight is 714 g/mol. The Balaban J connectivity index is 0.000000988. The molecule has 0 bridgehead atoms. The van der Waals surface area contributed by atoms with Crippen molar-refractivity contribution in [3.8, 4) is 0 Å². The third-order valence-electron chi connectivity index (χ3n) is 9.49. The predicted molar refractivity (Wildman–Crippen MR) is 213 cm³/mol. The molecular weight excluding hydrogens is 638 g/mol. The lowest BCUT2D eigenvalue weighted by Crippen LogP contribution is -2.47. The Morgan fingerprint density at radius 3 is 1.22 bits per heavy atom. The molecule has 7 nitrogen and oxygen atoms in total. The van der Waals surface area contributed by atoms with E-state index >= 15 is 0 Å². The third kappa shape index (κ3) is 24.2. The van der Waals surface area contributed by atoms with Gasteiger partial charge in [0.25, 0.3) is 0 Å². The van der Waals surface area contributed by atoms with E-state index < -0.39 is 5.54 Å². The molecule has 292 valence electrons. The summed E-state index contributed by atoms with van der Waals surface area (Å²) in [6, 6.07) is 17.5. The zero-order valence-corrected chi connectivity index (χ0v) is 32.3. The van der Waals surface area contributed by atoms with Gasteiger partial charge in [-0.2, -0.15) is 0 Å². The Morgan fingerprint density at radius 1 is 0.569 bits per heavy atom. The van der Waals surface area contributed by atoms with Gasteiger partial charge in [-0.25, -0.2) is 0 Å². The van der Waals surface area contributed by atoms with Crippen molar-refractivity contribution in [3.63, 3.8) is 0 Å². The molecule has 2 rings (SSSR count). The van der Waals surface area contributed by atoms with Crippen LogP contribution in [0, 0.1) is 5.41 Å². The number of aliphatic hydroxyl groups excluding tert-OH is 2. The molecule has 0 spiro atoms. The molecule has 0 atom stereocenters. The maximum atomic E-state index is 11.2. The molecule has 4 N–H and O–H groups in total. The molecular formula is C44H75NO6. The molecule has 0 aliphatic heterocycles. The van der Waals surface area contributed by atoms with Crippen molar-refractivity contribution in [2.45, 2.75) is 163 Å². The number of aliphatic hydroxyl groups is 2. The maximum absolute atomic E-state index is 11.2. The summed E-state index contributed by atoms with van der Waals surface area (Å²) in [7, 11) is 0. The maximum Gasteiger partial charge on any atom is 0.302 e. The number of carbonyl (C=O) groups is 2. The summed E-state index contributed by atoms with van der Waals surface area (Å²) >= 11 is 0. The summed E-state index contributed by atoms with van der Waals surface area (Å²) < 4.78 is 10.4. The highest BCUT2D eigenvalue weighted by Gasteiger charge is 2.27. The van der Waals surface area contributed by atoms with E-state index in [1.54, 1.807) is 0 Å². The fourth-order valence-electron chi connectivity index (χ4n) is 5.75. The van der Waals surface area contributed by atoms with Crippen LogP contribution in [-0.2, 0) is 44.7 Å². The zero-order chi connectivity index (χ0) is 37.1. The SMILES string of the molecule is C.CCCCCCCCc1ccc(CCC(C)(COC(C)=O)COC(C)=O)cc1.CCCCCCCCc1ccc(CCC(N)(CO)CO)cc1. The normalized spacial score (nSPS) is 11.3. The number of ether oxygens (including phenoxy) is 2. The molecule has 0 heterocycles. The zero-order valence-electron chi connectivity index (χ0n) is 32.3. The first kappa shape index (κ1) is 48.3. The highest BCUT2D eigenvalue weighted by Crippen LogP contribution is 2.26. The fourth-order valence-corrected chi connectivity index (χ4v) is 5.75. The van der Waals surface area contributed by atoms with E-state index in [9.17, 15) is 19.8 Å².